The van der Waals surface area contributed by atoms with Crippen LogP contribution in [0.3, 0.4) is 0 Å². The molecule has 0 saturated heterocycles. The number of hydrogen-bond donors (Lipinski definition) is 0. The molecule has 5 nitrogen and oxygen atoms in total. The van der Waals surface area contributed by atoms with Gasteiger partial charge in [0.05, 0.1) is 10.6 Å². The van der Waals surface area contributed by atoms with Gasteiger partial charge in [0.25, 0.3) is 0 Å². The summed E-state index contributed by atoms with van der Waals surface area (Å²) in [5.74, 6) is 1.64. The van der Waals surface area contributed by atoms with Crippen LogP contribution in [0.1, 0.15) is 25.1 Å². The molecule has 0 unspecified atom stereocenters. The second kappa shape index (κ2) is 6.83. The lowest BCUT2D eigenvalue weighted by Gasteiger charge is -2.07. The third kappa shape index (κ3) is 3.52. The van der Waals surface area contributed by atoms with Crippen molar-refractivity contribution in [2.45, 2.75) is 42.3 Å². The SMILES string of the molecule is O=S(=O)(CCSc1nnc2n1CCCCC2)c1ccccc1. The van der Waals surface area contributed by atoms with E-state index in [4.69, 9.17) is 0 Å². The average molecular weight is 337 g/mol. The van der Waals surface area contributed by atoms with Crippen LogP contribution in [0, 0.1) is 0 Å². The Morgan fingerprint density at radius 1 is 1.09 bits per heavy atom. The van der Waals surface area contributed by atoms with Crippen molar-refractivity contribution in [2.75, 3.05) is 11.5 Å². The number of nitrogens with zero attached hydrogens (tertiary/aromatic N) is 3. The molecule has 0 atom stereocenters. The van der Waals surface area contributed by atoms with E-state index < -0.39 is 9.84 Å². The Labute approximate surface area is 135 Å². The van der Waals surface area contributed by atoms with Crippen molar-refractivity contribution in [3.63, 3.8) is 0 Å². The van der Waals surface area contributed by atoms with Gasteiger partial charge in [0.15, 0.2) is 15.0 Å². The van der Waals surface area contributed by atoms with Crippen LogP contribution in [0.15, 0.2) is 40.4 Å². The van der Waals surface area contributed by atoms with E-state index in [2.05, 4.69) is 14.8 Å². The maximum atomic E-state index is 12.2. The highest BCUT2D eigenvalue weighted by molar-refractivity contribution is 8.00. The Bertz CT molecular complexity index is 727. The second-order valence-corrected chi connectivity index (χ2v) is 8.51. The molecule has 0 radical (unpaired) electrons. The Hall–Kier alpha value is -1.34. The van der Waals surface area contributed by atoms with E-state index in [1.807, 2.05) is 6.07 Å². The summed E-state index contributed by atoms with van der Waals surface area (Å²) in [5, 5.41) is 9.29. The standard InChI is InChI=1S/C15H19N3O2S2/c19-22(20,13-7-3-1-4-8-13)12-11-21-15-17-16-14-9-5-2-6-10-18(14)15/h1,3-4,7-8H,2,5-6,9-12H2. The average Bonchev–Trinajstić information content (AvgIpc) is 2.76. The number of sulfone groups is 1. The number of rotatable bonds is 5. The maximum Gasteiger partial charge on any atom is 0.191 e. The van der Waals surface area contributed by atoms with Crippen LogP contribution >= 0.6 is 11.8 Å². The predicted octanol–water partition coefficient (Wildman–Crippen LogP) is 2.57. The highest BCUT2D eigenvalue weighted by atomic mass is 32.2. The van der Waals surface area contributed by atoms with Gasteiger partial charge in [0.1, 0.15) is 5.82 Å². The molecule has 0 spiro atoms. The van der Waals surface area contributed by atoms with Crippen molar-refractivity contribution in [1.29, 1.82) is 0 Å². The molecule has 118 valence electrons. The van der Waals surface area contributed by atoms with Gasteiger partial charge in [-0.1, -0.05) is 36.4 Å². The van der Waals surface area contributed by atoms with Crippen molar-refractivity contribution >= 4 is 21.6 Å². The summed E-state index contributed by atoms with van der Waals surface area (Å²) in [5.41, 5.74) is 0. The first-order chi connectivity index (χ1) is 10.7. The zero-order valence-electron chi connectivity index (χ0n) is 12.3. The zero-order valence-corrected chi connectivity index (χ0v) is 13.9. The van der Waals surface area contributed by atoms with E-state index in [9.17, 15) is 8.42 Å². The fourth-order valence-corrected chi connectivity index (χ4v) is 5.21. The molecule has 0 saturated carbocycles. The number of fused-ring (bicyclic) bond motifs is 1. The smallest absolute Gasteiger partial charge is 0.191 e. The topological polar surface area (TPSA) is 64.8 Å². The minimum Gasteiger partial charge on any atom is -0.306 e. The molecule has 22 heavy (non-hydrogen) atoms. The zero-order chi connectivity index (χ0) is 15.4. The molecule has 1 aromatic carbocycles. The van der Waals surface area contributed by atoms with E-state index in [1.165, 1.54) is 18.2 Å². The van der Waals surface area contributed by atoms with Crippen molar-refractivity contribution in [3.8, 4) is 0 Å². The van der Waals surface area contributed by atoms with Crippen LogP contribution in [0.5, 0.6) is 0 Å². The summed E-state index contributed by atoms with van der Waals surface area (Å²) in [6, 6.07) is 8.60. The van der Waals surface area contributed by atoms with Gasteiger partial charge >= 0.3 is 0 Å². The van der Waals surface area contributed by atoms with Crippen molar-refractivity contribution in [3.05, 3.63) is 36.2 Å². The van der Waals surface area contributed by atoms with Gasteiger partial charge in [0, 0.05) is 18.7 Å². The van der Waals surface area contributed by atoms with Crippen molar-refractivity contribution in [2.24, 2.45) is 0 Å². The third-order valence-corrected chi connectivity index (χ3v) is 6.72. The van der Waals surface area contributed by atoms with Gasteiger partial charge in [-0.25, -0.2) is 8.42 Å². The molecule has 0 amide bonds. The molecule has 0 fully saturated rings. The molecule has 2 aromatic rings. The first-order valence-electron chi connectivity index (χ1n) is 7.49. The summed E-state index contributed by atoms with van der Waals surface area (Å²) in [6.45, 7) is 0.941. The van der Waals surface area contributed by atoms with Crippen LogP contribution in [0.2, 0.25) is 0 Å². The first-order valence-corrected chi connectivity index (χ1v) is 10.1. The normalized spacial score (nSPS) is 15.3. The summed E-state index contributed by atoms with van der Waals surface area (Å²) in [4.78, 5) is 0.385. The van der Waals surface area contributed by atoms with Gasteiger partial charge < -0.3 is 4.57 Å². The Morgan fingerprint density at radius 2 is 1.91 bits per heavy atom. The number of hydrogen-bond acceptors (Lipinski definition) is 5. The second-order valence-electron chi connectivity index (χ2n) is 5.34. The monoisotopic (exact) mass is 337 g/mol. The number of aryl methyl sites for hydroxylation is 1. The molecule has 7 heteroatoms. The Kier molecular flexibility index (Phi) is 4.83. The van der Waals surface area contributed by atoms with Gasteiger partial charge in [-0.05, 0) is 25.0 Å². The molecule has 0 bridgehead atoms. The molecule has 2 heterocycles. The fraction of sp³-hybridized carbons (Fsp3) is 0.467. The lowest BCUT2D eigenvalue weighted by Crippen LogP contribution is -2.09. The van der Waals surface area contributed by atoms with Crippen molar-refractivity contribution < 1.29 is 8.42 Å². The molecule has 1 aromatic heterocycles. The van der Waals surface area contributed by atoms with E-state index in [-0.39, 0.29) is 5.75 Å². The summed E-state index contributed by atoms with van der Waals surface area (Å²) in [6.07, 6.45) is 4.48. The van der Waals surface area contributed by atoms with Crippen LogP contribution in [0.4, 0.5) is 0 Å². The van der Waals surface area contributed by atoms with Crippen LogP contribution < -0.4 is 0 Å². The van der Waals surface area contributed by atoms with Gasteiger partial charge in [-0.15, -0.1) is 10.2 Å². The molecule has 0 aliphatic carbocycles. The summed E-state index contributed by atoms with van der Waals surface area (Å²) >= 11 is 1.48. The highest BCUT2D eigenvalue weighted by Crippen LogP contribution is 2.22. The lowest BCUT2D eigenvalue weighted by atomic mass is 10.2. The molecular formula is C15H19N3O2S2. The molecule has 3 rings (SSSR count). The third-order valence-electron chi connectivity index (χ3n) is 3.76. The number of aromatic nitrogens is 3. The van der Waals surface area contributed by atoms with Crippen molar-refractivity contribution in [1.82, 2.24) is 14.8 Å². The van der Waals surface area contributed by atoms with Crippen LogP contribution in [-0.4, -0.2) is 34.7 Å². The minimum atomic E-state index is -3.22. The Balaban J connectivity index is 1.63. The molecule has 1 aliphatic rings. The molecular weight excluding hydrogens is 318 g/mol. The summed E-state index contributed by atoms with van der Waals surface area (Å²) in [7, 11) is -3.22. The van der Waals surface area contributed by atoms with E-state index in [0.717, 1.165) is 36.8 Å². The minimum absolute atomic E-state index is 0.115. The first kappa shape index (κ1) is 15.6. The van der Waals surface area contributed by atoms with Gasteiger partial charge in [0.2, 0.25) is 0 Å². The van der Waals surface area contributed by atoms with Crippen LogP contribution in [0.25, 0.3) is 0 Å². The maximum absolute atomic E-state index is 12.2. The van der Waals surface area contributed by atoms with E-state index in [1.54, 1.807) is 24.3 Å². The van der Waals surface area contributed by atoms with Gasteiger partial charge in [-0.3, -0.25) is 0 Å². The van der Waals surface area contributed by atoms with E-state index in [0.29, 0.717) is 10.6 Å². The fourth-order valence-electron chi connectivity index (χ4n) is 2.55. The molecule has 1 aliphatic heterocycles. The lowest BCUT2D eigenvalue weighted by molar-refractivity contribution is 0.590. The number of thioether (sulfide) groups is 1. The Morgan fingerprint density at radius 3 is 2.73 bits per heavy atom. The molecule has 0 N–H and O–H groups in total. The van der Waals surface area contributed by atoms with Gasteiger partial charge in [-0.2, -0.15) is 0 Å². The number of benzene rings is 1. The summed E-state index contributed by atoms with van der Waals surface area (Å²) < 4.78 is 26.6. The highest BCUT2D eigenvalue weighted by Gasteiger charge is 2.17. The van der Waals surface area contributed by atoms with Crippen LogP contribution in [-0.2, 0) is 22.8 Å². The quantitative estimate of drug-likeness (QED) is 0.785. The van der Waals surface area contributed by atoms with E-state index >= 15 is 0 Å². The largest absolute Gasteiger partial charge is 0.306 e. The predicted molar refractivity (Wildman–Crippen MR) is 86.8 cm³/mol.